The molecule has 0 aromatic carbocycles. The van der Waals surface area contributed by atoms with Crippen molar-refractivity contribution in [2.45, 2.75) is 20.0 Å². The minimum absolute atomic E-state index is 0. The van der Waals surface area contributed by atoms with E-state index < -0.39 is 11.6 Å². The maximum Gasteiger partial charge on any atom is 0.398 e. The maximum atomic E-state index is 11.7. The smallest absolute Gasteiger partial charge is 0.312 e. The van der Waals surface area contributed by atoms with Crippen molar-refractivity contribution in [3.05, 3.63) is 0 Å². The van der Waals surface area contributed by atoms with Gasteiger partial charge in [0, 0.05) is 6.21 Å². The molecule has 0 aliphatic rings. The van der Waals surface area contributed by atoms with Crippen LogP contribution in [0.4, 0.5) is 13.2 Å². The lowest BCUT2D eigenvalue weighted by molar-refractivity contribution is -0.184. The predicted molar refractivity (Wildman–Crippen MR) is 35.9 cm³/mol. The van der Waals surface area contributed by atoms with Crippen molar-refractivity contribution in [2.24, 2.45) is 5.41 Å². The van der Waals surface area contributed by atoms with Crippen molar-refractivity contribution in [1.82, 2.24) is 0 Å². The van der Waals surface area contributed by atoms with Crippen LogP contribution in [0.15, 0.2) is 0 Å². The van der Waals surface area contributed by atoms with Gasteiger partial charge in [-0.15, -0.1) is 12.4 Å². The third-order valence-electron chi connectivity index (χ3n) is 1.09. The lowest BCUT2D eigenvalue weighted by atomic mass is 9.95. The molecule has 0 saturated heterocycles. The molecule has 0 spiro atoms. The van der Waals surface area contributed by atoms with Crippen LogP contribution in [0.2, 0.25) is 0 Å². The molecule has 0 saturated carbocycles. The van der Waals surface area contributed by atoms with Crippen LogP contribution in [0.3, 0.4) is 0 Å². The largest absolute Gasteiger partial charge is 0.398 e. The van der Waals surface area contributed by atoms with Crippen molar-refractivity contribution >= 4 is 18.6 Å². The molecule has 0 aliphatic carbocycles. The highest BCUT2D eigenvalue weighted by atomic mass is 35.5. The van der Waals surface area contributed by atoms with E-state index >= 15 is 0 Å². The van der Waals surface area contributed by atoms with Crippen molar-refractivity contribution in [3.63, 3.8) is 0 Å². The van der Waals surface area contributed by atoms with E-state index in [9.17, 15) is 13.2 Å². The summed E-state index contributed by atoms with van der Waals surface area (Å²) in [6.07, 6.45) is -3.90. The van der Waals surface area contributed by atoms with E-state index in [-0.39, 0.29) is 12.4 Å². The van der Waals surface area contributed by atoms with Crippen LogP contribution in [0.5, 0.6) is 0 Å². The monoisotopic (exact) mass is 175 g/mol. The number of hydrogen-bond acceptors (Lipinski definition) is 1. The normalized spacial score (nSPS) is 12.1. The van der Waals surface area contributed by atoms with Crippen molar-refractivity contribution < 1.29 is 13.2 Å². The molecule has 0 heterocycles. The molecule has 0 fully saturated rings. The second-order valence-corrected chi connectivity index (χ2v) is 2.36. The summed E-state index contributed by atoms with van der Waals surface area (Å²) in [5.41, 5.74) is -1.98. The van der Waals surface area contributed by atoms with Gasteiger partial charge in [0.15, 0.2) is 0 Å². The molecule has 0 aliphatic heterocycles. The Morgan fingerprint density at radius 1 is 1.20 bits per heavy atom. The SMILES string of the molecule is CC(C)(C=N)C(F)(F)F.Cl. The molecule has 62 valence electrons. The van der Waals surface area contributed by atoms with E-state index in [1.807, 2.05) is 0 Å². The Balaban J connectivity index is 0. The summed E-state index contributed by atoms with van der Waals surface area (Å²) in [7, 11) is 0. The topological polar surface area (TPSA) is 23.9 Å². The van der Waals surface area contributed by atoms with E-state index in [0.29, 0.717) is 6.21 Å². The Bertz CT molecular complexity index is 119. The van der Waals surface area contributed by atoms with Gasteiger partial charge < -0.3 is 5.41 Å². The Labute approximate surface area is 63.5 Å². The summed E-state index contributed by atoms with van der Waals surface area (Å²) in [6, 6.07) is 0. The first-order valence-electron chi connectivity index (χ1n) is 2.39. The molecule has 0 radical (unpaired) electrons. The summed E-state index contributed by atoms with van der Waals surface area (Å²) >= 11 is 0. The zero-order valence-corrected chi connectivity index (χ0v) is 6.44. The zero-order chi connectivity index (χ0) is 7.71. The van der Waals surface area contributed by atoms with E-state index in [1.165, 1.54) is 0 Å². The Kier molecular flexibility index (Phi) is 4.02. The maximum absolute atomic E-state index is 11.7. The standard InChI is InChI=1S/C5H8F3N.ClH/c1-4(2,3-9)5(6,7)8;/h3,9H,1-2H3;1H. The van der Waals surface area contributed by atoms with Gasteiger partial charge in [0.25, 0.3) is 0 Å². The van der Waals surface area contributed by atoms with Crippen molar-refractivity contribution in [1.29, 1.82) is 5.41 Å². The van der Waals surface area contributed by atoms with Crippen LogP contribution in [-0.4, -0.2) is 12.4 Å². The minimum Gasteiger partial charge on any atom is -0.312 e. The molecule has 0 bridgehead atoms. The van der Waals surface area contributed by atoms with Crippen molar-refractivity contribution in [3.8, 4) is 0 Å². The third-order valence-corrected chi connectivity index (χ3v) is 1.09. The third kappa shape index (κ3) is 2.56. The van der Waals surface area contributed by atoms with E-state index in [4.69, 9.17) is 5.41 Å². The summed E-state index contributed by atoms with van der Waals surface area (Å²) < 4.78 is 35.0. The van der Waals surface area contributed by atoms with Crippen LogP contribution in [0, 0.1) is 10.8 Å². The molecule has 0 rings (SSSR count). The van der Waals surface area contributed by atoms with Crippen LogP contribution < -0.4 is 0 Å². The first-order chi connectivity index (χ1) is 3.81. The Morgan fingerprint density at radius 2 is 1.50 bits per heavy atom. The molecule has 10 heavy (non-hydrogen) atoms. The number of nitrogens with one attached hydrogen (secondary N) is 1. The van der Waals surface area contributed by atoms with Gasteiger partial charge in [0.1, 0.15) is 0 Å². The van der Waals surface area contributed by atoms with Gasteiger partial charge in [-0.25, -0.2) is 0 Å². The van der Waals surface area contributed by atoms with Gasteiger partial charge in [-0.2, -0.15) is 13.2 Å². The first-order valence-corrected chi connectivity index (χ1v) is 2.39. The quantitative estimate of drug-likeness (QED) is 0.593. The minimum atomic E-state index is -4.30. The lowest BCUT2D eigenvalue weighted by Crippen LogP contribution is -2.32. The molecule has 5 heteroatoms. The van der Waals surface area contributed by atoms with E-state index in [1.54, 1.807) is 0 Å². The average Bonchev–Trinajstić information content (AvgIpc) is 1.64. The Hall–Kier alpha value is -0.250. The number of hydrogen-bond donors (Lipinski definition) is 1. The summed E-state index contributed by atoms with van der Waals surface area (Å²) in [6.45, 7) is 1.92. The molecule has 0 aromatic rings. The lowest BCUT2D eigenvalue weighted by Gasteiger charge is -2.21. The highest BCUT2D eigenvalue weighted by molar-refractivity contribution is 5.85. The fourth-order valence-corrected chi connectivity index (χ4v) is 0.0818. The average molecular weight is 176 g/mol. The molecule has 0 unspecified atom stereocenters. The van der Waals surface area contributed by atoms with Gasteiger partial charge >= 0.3 is 6.18 Å². The van der Waals surface area contributed by atoms with Crippen LogP contribution in [-0.2, 0) is 0 Å². The molecule has 1 nitrogen and oxygen atoms in total. The molecule has 1 N–H and O–H groups in total. The summed E-state index contributed by atoms with van der Waals surface area (Å²) in [5, 5.41) is 6.42. The van der Waals surface area contributed by atoms with Crippen LogP contribution in [0.25, 0.3) is 0 Å². The van der Waals surface area contributed by atoms with Gasteiger partial charge in [0.2, 0.25) is 0 Å². The highest BCUT2D eigenvalue weighted by Gasteiger charge is 2.45. The predicted octanol–water partition coefficient (Wildman–Crippen LogP) is 2.65. The fourth-order valence-electron chi connectivity index (χ4n) is 0.0818. The molecule has 0 aromatic heterocycles. The zero-order valence-electron chi connectivity index (χ0n) is 5.62. The van der Waals surface area contributed by atoms with Crippen molar-refractivity contribution in [2.75, 3.05) is 0 Å². The summed E-state index contributed by atoms with van der Waals surface area (Å²) in [4.78, 5) is 0. The number of alkyl halides is 3. The van der Waals surface area contributed by atoms with Crippen LogP contribution in [0.1, 0.15) is 13.8 Å². The molecule has 0 atom stereocenters. The second kappa shape index (κ2) is 3.23. The Morgan fingerprint density at radius 3 is 1.50 bits per heavy atom. The highest BCUT2D eigenvalue weighted by Crippen LogP contribution is 2.35. The van der Waals surface area contributed by atoms with E-state index in [0.717, 1.165) is 13.8 Å². The van der Waals surface area contributed by atoms with Crippen LogP contribution >= 0.6 is 12.4 Å². The number of halogens is 4. The van der Waals surface area contributed by atoms with E-state index in [2.05, 4.69) is 0 Å². The molecular formula is C5H9ClF3N. The fraction of sp³-hybridized carbons (Fsp3) is 0.800. The van der Waals surface area contributed by atoms with Gasteiger partial charge in [-0.1, -0.05) is 0 Å². The number of rotatable bonds is 1. The molecule has 0 amide bonds. The first kappa shape index (κ1) is 12.4. The van der Waals surface area contributed by atoms with Gasteiger partial charge in [-0.05, 0) is 13.8 Å². The second-order valence-electron chi connectivity index (χ2n) is 2.36. The molecular weight excluding hydrogens is 167 g/mol. The van der Waals surface area contributed by atoms with Gasteiger partial charge in [0.05, 0.1) is 5.41 Å². The summed E-state index contributed by atoms with van der Waals surface area (Å²) in [5.74, 6) is 0. The van der Waals surface area contributed by atoms with Gasteiger partial charge in [-0.3, -0.25) is 0 Å².